The maximum Gasteiger partial charge on any atom is 0.415 e. The number of benzene rings is 3. The number of ether oxygens (including phenoxy) is 4. The largest absolute Gasteiger partial charge is 0.459 e. The van der Waals surface area contributed by atoms with Crippen LogP contribution in [0.1, 0.15) is 96.1 Å². The molecule has 0 unspecified atom stereocenters. The Morgan fingerprint density at radius 2 is 1.70 bits per heavy atom. The van der Waals surface area contributed by atoms with Crippen LogP contribution in [0.4, 0.5) is 15.3 Å². The van der Waals surface area contributed by atoms with Crippen molar-refractivity contribution in [3.8, 4) is 17.2 Å². The number of nitro groups is 1. The Morgan fingerprint density at radius 3 is 2.36 bits per heavy atom. The van der Waals surface area contributed by atoms with Crippen molar-refractivity contribution in [2.45, 2.75) is 109 Å². The van der Waals surface area contributed by atoms with Gasteiger partial charge in [0, 0.05) is 56.3 Å². The predicted molar refractivity (Wildman–Crippen MR) is 241 cm³/mol. The number of rotatable bonds is 20. The minimum Gasteiger partial charge on any atom is -0.459 e. The van der Waals surface area contributed by atoms with Crippen molar-refractivity contribution in [3.63, 3.8) is 0 Å². The zero-order valence-corrected chi connectivity index (χ0v) is 37.3. The van der Waals surface area contributed by atoms with E-state index < -0.39 is 40.5 Å². The van der Waals surface area contributed by atoms with Gasteiger partial charge in [0.15, 0.2) is 0 Å². The fourth-order valence-electron chi connectivity index (χ4n) is 9.23. The number of oxime groups is 1. The van der Waals surface area contributed by atoms with Crippen LogP contribution in [0.5, 0.6) is 17.2 Å². The van der Waals surface area contributed by atoms with Gasteiger partial charge >= 0.3 is 12.2 Å². The van der Waals surface area contributed by atoms with Crippen LogP contribution >= 0.6 is 0 Å². The van der Waals surface area contributed by atoms with Crippen LogP contribution < -0.4 is 19.5 Å². The highest BCUT2D eigenvalue weighted by Gasteiger charge is 2.65. The average molecular weight is 883 g/mol. The highest BCUT2D eigenvalue weighted by atomic mass is 16.7. The van der Waals surface area contributed by atoms with Gasteiger partial charge in [0.25, 0.3) is 5.69 Å². The number of aliphatic hydroxyl groups is 2. The van der Waals surface area contributed by atoms with Gasteiger partial charge < -0.3 is 39.3 Å². The highest BCUT2D eigenvalue weighted by Crippen LogP contribution is 2.62. The summed E-state index contributed by atoms with van der Waals surface area (Å²) in [6.45, 7) is 12.3. The van der Waals surface area contributed by atoms with E-state index in [4.69, 9.17) is 28.9 Å². The third-order valence-corrected chi connectivity index (χ3v) is 11.9. The molecule has 0 radical (unpaired) electrons. The second-order valence-corrected chi connectivity index (χ2v) is 17.5. The van der Waals surface area contributed by atoms with Crippen LogP contribution in [0.15, 0.2) is 102 Å². The fraction of sp³-hybridized carbons (Fsp3) is 0.490. The number of aliphatic hydroxyl groups excluding tert-OH is 2. The molecule has 0 aromatic heterocycles. The number of nitro benzene ring substituents is 1. The minimum absolute atomic E-state index is 0.0153. The van der Waals surface area contributed by atoms with E-state index in [1.54, 1.807) is 23.1 Å². The number of amides is 2. The first-order chi connectivity index (χ1) is 30.8. The topological polar surface area (TPSA) is 192 Å². The summed E-state index contributed by atoms with van der Waals surface area (Å²) in [6, 6.07) is 19.3. The number of fused-ring (bicyclic) bond motifs is 2. The quantitative estimate of drug-likeness (QED) is 0.0424. The lowest BCUT2D eigenvalue weighted by Gasteiger charge is -2.60. The first-order valence-electron chi connectivity index (χ1n) is 22.3. The molecule has 1 heterocycles. The van der Waals surface area contributed by atoms with Crippen molar-refractivity contribution < 1.29 is 48.5 Å². The first-order valence-corrected chi connectivity index (χ1v) is 22.3. The molecule has 1 aliphatic heterocycles. The van der Waals surface area contributed by atoms with E-state index in [-0.39, 0.29) is 68.5 Å². The number of hydrogen-bond acceptors (Lipinski definition) is 12. The van der Waals surface area contributed by atoms with Gasteiger partial charge in [-0.15, -0.1) is 6.58 Å². The van der Waals surface area contributed by atoms with Gasteiger partial charge in [0.05, 0.1) is 23.2 Å². The lowest BCUT2D eigenvalue weighted by atomic mass is 9.55. The standard InChI is InChI=1S/C49H62N4O11/c1-6-25-52(47(57)62-36-21-19-35(20-22-36)53(58)59)43-31-41(51-64-48(3,4)5)39-29-34(17-11-13-26-54)38(18-12-14-27-55)44-40-30-37(61-46(56)50-32-33-15-9-8-10-16-33)23-24-42(40)63-49(43,45(39)44)60-28-7-2/h7-10,15-16,19-24,29-30,34,38,43-45,54-55H,2,6,11-14,17-18,25-28,31-32H2,1,3-5H3,(H,50,56)/t34-,38+,43-,44+,45+,49+/m0/s1. The lowest BCUT2D eigenvalue weighted by Crippen LogP contribution is -2.70. The number of hydrogen-bond donors (Lipinski definition) is 3. The summed E-state index contributed by atoms with van der Waals surface area (Å²) in [4.78, 5) is 46.6. The minimum atomic E-state index is -1.55. The second-order valence-electron chi connectivity index (χ2n) is 17.5. The average Bonchev–Trinajstić information content (AvgIpc) is 3.27. The molecule has 1 fully saturated rings. The van der Waals surface area contributed by atoms with Crippen LogP contribution in [0.3, 0.4) is 0 Å². The number of nitrogens with one attached hydrogen (secondary N) is 1. The molecule has 3 aliphatic rings. The zero-order valence-electron chi connectivity index (χ0n) is 37.3. The summed E-state index contributed by atoms with van der Waals surface area (Å²) < 4.78 is 26.1. The lowest BCUT2D eigenvalue weighted by molar-refractivity contribution is -0.384. The van der Waals surface area contributed by atoms with Crippen molar-refractivity contribution in [2.24, 2.45) is 22.9 Å². The van der Waals surface area contributed by atoms with Gasteiger partial charge in [-0.05, 0) is 106 Å². The second kappa shape index (κ2) is 21.7. The van der Waals surface area contributed by atoms with Gasteiger partial charge in [-0.1, -0.05) is 67.4 Å². The normalized spacial score (nSPS) is 22.8. The molecule has 1 saturated carbocycles. The third-order valence-electron chi connectivity index (χ3n) is 11.9. The van der Waals surface area contributed by atoms with Crippen molar-refractivity contribution in [1.82, 2.24) is 10.2 Å². The molecular weight excluding hydrogens is 821 g/mol. The van der Waals surface area contributed by atoms with Gasteiger partial charge in [-0.2, -0.15) is 0 Å². The van der Waals surface area contributed by atoms with Crippen molar-refractivity contribution in [3.05, 3.63) is 118 Å². The number of carbonyl (C=O) groups excluding carboxylic acids is 2. The molecule has 0 spiro atoms. The Kier molecular flexibility index (Phi) is 16.2. The number of carbonyl (C=O) groups is 2. The van der Waals surface area contributed by atoms with Crippen molar-refractivity contribution >= 4 is 23.6 Å². The summed E-state index contributed by atoms with van der Waals surface area (Å²) in [5.41, 5.74) is 2.35. The summed E-state index contributed by atoms with van der Waals surface area (Å²) in [5.74, 6) is -1.68. The smallest absolute Gasteiger partial charge is 0.415 e. The maximum absolute atomic E-state index is 14.6. The van der Waals surface area contributed by atoms with Gasteiger partial charge in [0.2, 0.25) is 5.79 Å². The Hall–Kier alpha value is -5.77. The van der Waals surface area contributed by atoms with Crippen LogP contribution in [0.25, 0.3) is 0 Å². The summed E-state index contributed by atoms with van der Waals surface area (Å²) in [6.07, 6.45) is 7.40. The number of unbranched alkanes of at least 4 members (excludes halogenated alkanes) is 2. The van der Waals surface area contributed by atoms with E-state index in [0.29, 0.717) is 42.9 Å². The SMILES string of the molecule is C=CCO[C@@]12Oc3ccc(OC(=O)NCc4ccccc4)cc3[C@H]3[C@H](CCCCO)[C@@H](CCCCO)C=C(C(=NOC(C)(C)C)C[C@@H]1N(CCC)C(=O)Oc1ccc([N+](=O)[O-])cc1)[C@H]32. The summed E-state index contributed by atoms with van der Waals surface area (Å²) in [5, 5.41) is 39.0. The van der Waals surface area contributed by atoms with E-state index in [1.807, 2.05) is 64.1 Å². The molecule has 15 nitrogen and oxygen atoms in total. The molecule has 6 rings (SSSR count). The predicted octanol–water partition coefficient (Wildman–Crippen LogP) is 9.23. The van der Waals surface area contributed by atoms with Crippen LogP contribution in [-0.4, -0.2) is 81.7 Å². The number of allylic oxidation sites excluding steroid dienone is 1. The highest BCUT2D eigenvalue weighted by molar-refractivity contribution is 6.03. The first kappa shape index (κ1) is 47.7. The summed E-state index contributed by atoms with van der Waals surface area (Å²) >= 11 is 0. The Morgan fingerprint density at radius 1 is 1.00 bits per heavy atom. The molecule has 2 aliphatic carbocycles. The summed E-state index contributed by atoms with van der Waals surface area (Å²) in [7, 11) is 0. The molecule has 3 aromatic carbocycles. The van der Waals surface area contributed by atoms with Crippen LogP contribution in [0, 0.1) is 27.9 Å². The molecule has 64 heavy (non-hydrogen) atoms. The van der Waals surface area contributed by atoms with E-state index in [2.05, 4.69) is 18.0 Å². The van der Waals surface area contributed by atoms with Crippen LogP contribution in [-0.2, 0) is 16.1 Å². The van der Waals surface area contributed by atoms with E-state index in [9.17, 15) is 29.9 Å². The Labute approximate surface area is 375 Å². The number of nitrogens with zero attached hydrogens (tertiary/aromatic N) is 3. The molecule has 3 N–H and O–H groups in total. The molecule has 0 bridgehead atoms. The monoisotopic (exact) mass is 882 g/mol. The Balaban J connectivity index is 1.53. The van der Waals surface area contributed by atoms with Crippen LogP contribution in [0.2, 0.25) is 0 Å². The van der Waals surface area contributed by atoms with E-state index >= 15 is 0 Å². The molecular formula is C49H62N4O11. The fourth-order valence-corrected chi connectivity index (χ4v) is 9.23. The molecule has 15 heteroatoms. The molecule has 0 saturated heterocycles. The molecule has 3 aromatic rings. The third kappa shape index (κ3) is 11.3. The molecule has 6 atom stereocenters. The van der Waals surface area contributed by atoms with E-state index in [1.165, 1.54) is 24.3 Å². The number of non-ortho nitro benzene ring substituents is 1. The van der Waals surface area contributed by atoms with E-state index in [0.717, 1.165) is 36.0 Å². The maximum atomic E-state index is 14.6. The molecule has 344 valence electrons. The molecule has 2 amide bonds. The zero-order chi connectivity index (χ0) is 45.9. The van der Waals surface area contributed by atoms with Crippen molar-refractivity contribution in [2.75, 3.05) is 26.4 Å². The Bertz CT molecular complexity index is 2140. The van der Waals surface area contributed by atoms with Gasteiger partial charge in [-0.25, -0.2) is 9.59 Å². The van der Waals surface area contributed by atoms with Gasteiger partial charge in [0.1, 0.15) is 28.9 Å². The van der Waals surface area contributed by atoms with Gasteiger partial charge in [-0.3, -0.25) is 15.0 Å². The van der Waals surface area contributed by atoms with Crippen molar-refractivity contribution in [1.29, 1.82) is 0 Å².